The average Bonchev–Trinajstić information content (AvgIpc) is 2.44. The number of benzene rings is 1. The van der Waals surface area contributed by atoms with Crippen molar-refractivity contribution in [1.82, 2.24) is 9.80 Å². The first kappa shape index (κ1) is 17.2. The van der Waals surface area contributed by atoms with Crippen molar-refractivity contribution in [2.45, 2.75) is 40.4 Å². The summed E-state index contributed by atoms with van der Waals surface area (Å²) in [7, 11) is 1.07. The molecule has 0 saturated heterocycles. The Balaban J connectivity index is 3.13. The smallest absolute Gasteiger partial charge is 0.145 e. The van der Waals surface area contributed by atoms with Crippen LogP contribution in [0.3, 0.4) is 0 Å². The highest BCUT2D eigenvalue weighted by molar-refractivity contribution is 6.35. The molecule has 0 unspecified atom stereocenters. The van der Waals surface area contributed by atoms with Crippen molar-refractivity contribution >= 4 is 21.1 Å². The van der Waals surface area contributed by atoms with Crippen molar-refractivity contribution in [3.05, 3.63) is 24.3 Å². The number of rotatable bonds is 8. The molecule has 0 aliphatic rings. The molecule has 0 heterocycles. The second-order valence-corrected chi connectivity index (χ2v) is 6.38. The van der Waals surface area contributed by atoms with Gasteiger partial charge in [0.15, 0.2) is 0 Å². The van der Waals surface area contributed by atoms with Crippen molar-refractivity contribution in [3.63, 3.8) is 0 Å². The standard InChI is InChI=1S/C16H31N3Si/c1-6-18(7-2)16(5,19(8-3)9-4)17-14-12-10-11-13-15(14)20/h10-13,17H,6-9H2,1-5,20H3. The molecule has 20 heavy (non-hydrogen) atoms. The van der Waals surface area contributed by atoms with Gasteiger partial charge in [0.1, 0.15) is 5.79 Å². The fourth-order valence-corrected chi connectivity index (χ4v) is 3.49. The van der Waals surface area contributed by atoms with E-state index in [-0.39, 0.29) is 5.79 Å². The molecule has 0 spiro atoms. The molecule has 1 aromatic rings. The predicted molar refractivity (Wildman–Crippen MR) is 93.9 cm³/mol. The van der Waals surface area contributed by atoms with Crippen LogP contribution >= 0.6 is 0 Å². The van der Waals surface area contributed by atoms with Crippen molar-refractivity contribution in [3.8, 4) is 0 Å². The van der Waals surface area contributed by atoms with Crippen LogP contribution in [0.15, 0.2) is 24.3 Å². The minimum atomic E-state index is -0.131. The molecule has 0 fully saturated rings. The minimum Gasteiger partial charge on any atom is -0.355 e. The zero-order valence-corrected chi connectivity index (χ0v) is 16.0. The van der Waals surface area contributed by atoms with Crippen LogP contribution in [0.2, 0.25) is 0 Å². The van der Waals surface area contributed by atoms with Crippen LogP contribution in [-0.4, -0.2) is 52.0 Å². The monoisotopic (exact) mass is 293 g/mol. The van der Waals surface area contributed by atoms with Gasteiger partial charge in [0.2, 0.25) is 0 Å². The molecular weight excluding hydrogens is 262 g/mol. The van der Waals surface area contributed by atoms with Crippen molar-refractivity contribution in [2.24, 2.45) is 0 Å². The molecule has 0 amide bonds. The van der Waals surface area contributed by atoms with Crippen molar-refractivity contribution in [2.75, 3.05) is 31.5 Å². The SMILES string of the molecule is CCN(CC)C(C)(Nc1ccccc1[SiH3])N(CC)CC. The molecular formula is C16H31N3Si. The zero-order valence-electron chi connectivity index (χ0n) is 14.0. The molecule has 114 valence electrons. The summed E-state index contributed by atoms with van der Waals surface area (Å²) in [6.45, 7) is 15.4. The molecule has 0 aliphatic carbocycles. The molecule has 3 nitrogen and oxygen atoms in total. The zero-order chi connectivity index (χ0) is 15.2. The highest BCUT2D eigenvalue weighted by Gasteiger charge is 2.35. The van der Waals surface area contributed by atoms with Gasteiger partial charge in [-0.2, -0.15) is 0 Å². The summed E-state index contributed by atoms with van der Waals surface area (Å²) in [6, 6.07) is 8.67. The van der Waals surface area contributed by atoms with E-state index in [9.17, 15) is 0 Å². The molecule has 1 N–H and O–H groups in total. The van der Waals surface area contributed by atoms with E-state index >= 15 is 0 Å². The van der Waals surface area contributed by atoms with Gasteiger partial charge in [-0.15, -0.1) is 0 Å². The number of para-hydroxylation sites is 1. The van der Waals surface area contributed by atoms with E-state index in [1.807, 2.05) is 0 Å². The van der Waals surface area contributed by atoms with E-state index in [0.29, 0.717) is 0 Å². The summed E-state index contributed by atoms with van der Waals surface area (Å²) in [5.41, 5.74) is 1.28. The Morgan fingerprint density at radius 1 is 0.950 bits per heavy atom. The van der Waals surface area contributed by atoms with Gasteiger partial charge < -0.3 is 5.32 Å². The topological polar surface area (TPSA) is 18.5 Å². The lowest BCUT2D eigenvalue weighted by molar-refractivity contribution is -0.0123. The van der Waals surface area contributed by atoms with Crippen molar-refractivity contribution in [1.29, 1.82) is 0 Å². The van der Waals surface area contributed by atoms with E-state index < -0.39 is 0 Å². The summed E-state index contributed by atoms with van der Waals surface area (Å²) in [6.07, 6.45) is 0. The number of hydrogen-bond acceptors (Lipinski definition) is 3. The highest BCUT2D eigenvalue weighted by atomic mass is 28.1. The van der Waals surface area contributed by atoms with Crippen LogP contribution < -0.4 is 10.5 Å². The Morgan fingerprint density at radius 3 is 1.80 bits per heavy atom. The Hall–Kier alpha value is -0.843. The van der Waals surface area contributed by atoms with Crippen LogP contribution in [0, 0.1) is 0 Å². The van der Waals surface area contributed by atoms with Crippen LogP contribution in [0.4, 0.5) is 5.69 Å². The summed E-state index contributed by atoms with van der Waals surface area (Å²) in [4.78, 5) is 4.99. The van der Waals surface area contributed by atoms with Gasteiger partial charge in [-0.3, -0.25) is 9.80 Å². The lowest BCUT2D eigenvalue weighted by Crippen LogP contribution is -2.63. The van der Waals surface area contributed by atoms with Gasteiger partial charge in [-0.25, -0.2) is 0 Å². The normalized spacial score (nSPS) is 12.3. The third kappa shape index (κ3) is 3.62. The molecule has 4 heteroatoms. The maximum absolute atomic E-state index is 3.81. The molecule has 0 aromatic heterocycles. The lowest BCUT2D eigenvalue weighted by atomic mass is 10.2. The van der Waals surface area contributed by atoms with Gasteiger partial charge in [-0.1, -0.05) is 45.9 Å². The van der Waals surface area contributed by atoms with Crippen LogP contribution in [0.1, 0.15) is 34.6 Å². The third-order valence-electron chi connectivity index (χ3n) is 4.27. The van der Waals surface area contributed by atoms with Crippen molar-refractivity contribution < 1.29 is 0 Å². The quantitative estimate of drug-likeness (QED) is 0.578. The van der Waals surface area contributed by atoms with Crippen LogP contribution in [0.5, 0.6) is 0 Å². The molecule has 0 saturated carbocycles. The molecule has 0 bridgehead atoms. The fraction of sp³-hybridized carbons (Fsp3) is 0.625. The molecule has 1 aromatic carbocycles. The number of anilines is 1. The van der Waals surface area contributed by atoms with Gasteiger partial charge in [0.25, 0.3) is 0 Å². The Bertz CT molecular complexity index is 388. The number of hydrogen-bond donors (Lipinski definition) is 1. The molecule has 1 rings (SSSR count). The van der Waals surface area contributed by atoms with E-state index in [2.05, 4.69) is 74.0 Å². The summed E-state index contributed by atoms with van der Waals surface area (Å²) in [5, 5.41) is 5.24. The van der Waals surface area contributed by atoms with E-state index in [4.69, 9.17) is 0 Å². The summed E-state index contributed by atoms with van der Waals surface area (Å²) >= 11 is 0. The molecule has 0 atom stereocenters. The largest absolute Gasteiger partial charge is 0.355 e. The lowest BCUT2D eigenvalue weighted by Gasteiger charge is -2.49. The molecule has 0 radical (unpaired) electrons. The van der Waals surface area contributed by atoms with Gasteiger partial charge in [-0.05, 0) is 44.4 Å². The maximum Gasteiger partial charge on any atom is 0.145 e. The summed E-state index contributed by atoms with van der Waals surface area (Å²) < 4.78 is 0. The van der Waals surface area contributed by atoms with E-state index in [1.54, 1.807) is 0 Å². The second kappa shape index (κ2) is 7.81. The fourth-order valence-electron chi connectivity index (χ4n) is 3.01. The van der Waals surface area contributed by atoms with Gasteiger partial charge in [0, 0.05) is 15.9 Å². The Kier molecular flexibility index (Phi) is 6.72. The first-order valence-corrected chi connectivity index (χ1v) is 8.87. The van der Waals surface area contributed by atoms with E-state index in [0.717, 1.165) is 36.4 Å². The van der Waals surface area contributed by atoms with Gasteiger partial charge >= 0.3 is 0 Å². The summed E-state index contributed by atoms with van der Waals surface area (Å²) in [5.74, 6) is -0.131. The average molecular weight is 294 g/mol. The van der Waals surface area contributed by atoms with Crippen LogP contribution in [-0.2, 0) is 0 Å². The number of nitrogens with zero attached hydrogens (tertiary/aromatic N) is 2. The highest BCUT2D eigenvalue weighted by Crippen LogP contribution is 2.22. The Morgan fingerprint density at radius 2 is 1.40 bits per heavy atom. The first-order valence-electron chi connectivity index (χ1n) is 7.87. The maximum atomic E-state index is 3.81. The van der Waals surface area contributed by atoms with E-state index in [1.165, 1.54) is 10.9 Å². The Labute approximate surface area is 127 Å². The predicted octanol–water partition coefficient (Wildman–Crippen LogP) is 1.45. The minimum absolute atomic E-state index is 0.131. The second-order valence-electron chi connectivity index (χ2n) is 5.31. The first-order chi connectivity index (χ1) is 9.53. The third-order valence-corrected chi connectivity index (χ3v) is 5.15. The molecule has 0 aliphatic heterocycles. The number of nitrogens with one attached hydrogen (secondary N) is 1. The van der Waals surface area contributed by atoms with Crippen LogP contribution in [0.25, 0.3) is 0 Å². The van der Waals surface area contributed by atoms with Gasteiger partial charge in [0.05, 0.1) is 0 Å².